The zero-order valence-electron chi connectivity index (χ0n) is 18.4. The molecule has 174 valence electrons. The Bertz CT molecular complexity index is 1070. The average Bonchev–Trinajstić information content (AvgIpc) is 3.18. The van der Waals surface area contributed by atoms with Gasteiger partial charge in [-0.2, -0.15) is 5.26 Å². The highest BCUT2D eigenvalue weighted by molar-refractivity contribution is 6.26. The summed E-state index contributed by atoms with van der Waals surface area (Å²) in [5.41, 5.74) is 1.54. The maximum Gasteiger partial charge on any atom is 0.328 e. The number of Topliss-reactive ketones (excluding diaryl/α,β-unsaturated/α-hetero) is 1. The summed E-state index contributed by atoms with van der Waals surface area (Å²) in [6, 6.07) is 7.87. The van der Waals surface area contributed by atoms with E-state index in [9.17, 15) is 19.2 Å². The second kappa shape index (κ2) is 12.1. The van der Waals surface area contributed by atoms with E-state index in [1.165, 1.54) is 0 Å². The molecule has 0 saturated carbocycles. The van der Waals surface area contributed by atoms with Gasteiger partial charge >= 0.3 is 11.9 Å². The molecule has 2 rings (SSSR count). The van der Waals surface area contributed by atoms with Crippen LogP contribution in [0.2, 0.25) is 0 Å². The molecular weight excluding hydrogens is 428 g/mol. The van der Waals surface area contributed by atoms with Gasteiger partial charge in [0.2, 0.25) is 0 Å². The van der Waals surface area contributed by atoms with Crippen LogP contribution in [0, 0.1) is 16.7 Å². The van der Waals surface area contributed by atoms with E-state index in [0.717, 1.165) is 10.9 Å². The Labute approximate surface area is 190 Å². The molecule has 1 aromatic heterocycles. The number of ether oxygens (including phenoxy) is 2. The third kappa shape index (κ3) is 7.57. The summed E-state index contributed by atoms with van der Waals surface area (Å²) < 4.78 is 10.4. The van der Waals surface area contributed by atoms with Crippen LogP contribution >= 0.6 is 0 Å². The third-order valence-corrected chi connectivity index (χ3v) is 4.66. The second-order valence-corrected chi connectivity index (χ2v) is 7.57. The Kier molecular flexibility index (Phi) is 9.30. The fourth-order valence-electron chi connectivity index (χ4n) is 3.14. The Morgan fingerprint density at radius 1 is 1.21 bits per heavy atom. The van der Waals surface area contributed by atoms with Crippen LogP contribution in [0.1, 0.15) is 38.7 Å². The smallest absolute Gasteiger partial charge is 0.328 e. The zero-order valence-corrected chi connectivity index (χ0v) is 18.4. The highest BCUT2D eigenvalue weighted by Crippen LogP contribution is 2.20. The SMILES string of the molecule is CC(C)OC(=O)[C@H](CCC(=O)C=N)NC(=O)[C@H](Cc1c[nH]c2ccccc12)OC(=O)CC#N. The number of aromatic amines is 1. The van der Waals surface area contributed by atoms with E-state index in [1.807, 2.05) is 24.3 Å². The summed E-state index contributed by atoms with van der Waals surface area (Å²) in [5, 5.41) is 19.1. The topological polar surface area (TPSA) is 162 Å². The van der Waals surface area contributed by atoms with Crippen LogP contribution in [0.4, 0.5) is 0 Å². The van der Waals surface area contributed by atoms with Crippen LogP contribution in [0.25, 0.3) is 10.9 Å². The molecule has 1 amide bonds. The molecule has 0 spiro atoms. The molecule has 0 aliphatic carbocycles. The molecule has 33 heavy (non-hydrogen) atoms. The molecule has 0 fully saturated rings. The van der Waals surface area contributed by atoms with Gasteiger partial charge in [-0.15, -0.1) is 0 Å². The first-order valence-electron chi connectivity index (χ1n) is 10.4. The van der Waals surface area contributed by atoms with Crippen LogP contribution in [0.15, 0.2) is 30.5 Å². The summed E-state index contributed by atoms with van der Waals surface area (Å²) in [4.78, 5) is 52.1. The van der Waals surface area contributed by atoms with Crippen LogP contribution < -0.4 is 5.32 Å². The lowest BCUT2D eigenvalue weighted by Gasteiger charge is -2.22. The number of carbonyl (C=O) groups excluding carboxylic acids is 4. The average molecular weight is 454 g/mol. The molecule has 1 heterocycles. The number of hydrogen-bond acceptors (Lipinski definition) is 8. The maximum absolute atomic E-state index is 13.0. The summed E-state index contributed by atoms with van der Waals surface area (Å²) in [5.74, 6) is -2.90. The number of nitrogens with one attached hydrogen (secondary N) is 3. The van der Waals surface area contributed by atoms with Crippen LogP contribution in [0.3, 0.4) is 0 Å². The normalized spacial score (nSPS) is 12.4. The van der Waals surface area contributed by atoms with E-state index in [1.54, 1.807) is 26.1 Å². The molecule has 0 saturated heterocycles. The Morgan fingerprint density at radius 2 is 1.94 bits per heavy atom. The minimum atomic E-state index is -1.32. The lowest BCUT2D eigenvalue weighted by Crippen LogP contribution is -2.48. The molecular formula is C23H26N4O6. The van der Waals surface area contributed by atoms with Crippen molar-refractivity contribution in [1.29, 1.82) is 10.7 Å². The number of ketones is 1. The number of rotatable bonds is 12. The van der Waals surface area contributed by atoms with E-state index in [2.05, 4.69) is 10.3 Å². The predicted molar refractivity (Wildman–Crippen MR) is 118 cm³/mol. The number of H-pyrrole nitrogens is 1. The molecule has 3 N–H and O–H groups in total. The van der Waals surface area contributed by atoms with Crippen molar-refractivity contribution in [2.45, 2.75) is 57.8 Å². The molecule has 2 atom stereocenters. The lowest BCUT2D eigenvalue weighted by atomic mass is 10.0. The van der Waals surface area contributed by atoms with Gasteiger partial charge < -0.3 is 25.2 Å². The number of hydrogen-bond donors (Lipinski definition) is 3. The minimum Gasteiger partial charge on any atom is -0.461 e. The second-order valence-electron chi connectivity index (χ2n) is 7.57. The summed E-state index contributed by atoms with van der Waals surface area (Å²) in [7, 11) is 0. The van der Waals surface area contributed by atoms with E-state index >= 15 is 0 Å². The molecule has 1 aromatic carbocycles. The highest BCUT2D eigenvalue weighted by atomic mass is 16.6. The molecule has 10 nitrogen and oxygen atoms in total. The van der Waals surface area contributed by atoms with Crippen molar-refractivity contribution in [3.05, 3.63) is 36.0 Å². The van der Waals surface area contributed by atoms with E-state index in [4.69, 9.17) is 20.1 Å². The van der Waals surface area contributed by atoms with Crippen molar-refractivity contribution in [3.8, 4) is 6.07 Å². The number of nitriles is 1. The van der Waals surface area contributed by atoms with Crippen molar-refractivity contribution in [2.24, 2.45) is 0 Å². The maximum atomic E-state index is 13.0. The quantitative estimate of drug-likeness (QED) is 0.326. The number of nitrogens with zero attached hydrogens (tertiary/aromatic N) is 1. The Hall–Kier alpha value is -4.00. The largest absolute Gasteiger partial charge is 0.461 e. The lowest BCUT2D eigenvalue weighted by molar-refractivity contribution is -0.157. The van der Waals surface area contributed by atoms with Crippen molar-refractivity contribution >= 4 is 40.7 Å². The van der Waals surface area contributed by atoms with E-state index in [-0.39, 0.29) is 19.3 Å². The van der Waals surface area contributed by atoms with Gasteiger partial charge in [-0.1, -0.05) is 18.2 Å². The highest BCUT2D eigenvalue weighted by Gasteiger charge is 2.30. The first kappa shape index (κ1) is 25.3. The molecule has 0 unspecified atom stereocenters. The van der Waals surface area contributed by atoms with Gasteiger partial charge in [0.05, 0.1) is 18.4 Å². The fraction of sp³-hybridized carbons (Fsp3) is 0.391. The van der Waals surface area contributed by atoms with Crippen molar-refractivity contribution < 1.29 is 28.7 Å². The molecule has 0 radical (unpaired) electrons. The fourth-order valence-corrected chi connectivity index (χ4v) is 3.14. The molecule has 0 aliphatic rings. The number of para-hydroxylation sites is 1. The van der Waals surface area contributed by atoms with Gasteiger partial charge in [-0.05, 0) is 31.9 Å². The van der Waals surface area contributed by atoms with E-state index in [0.29, 0.717) is 11.8 Å². The molecule has 2 aromatic rings. The number of esters is 2. The summed E-state index contributed by atoms with van der Waals surface area (Å²) >= 11 is 0. The Morgan fingerprint density at radius 3 is 2.61 bits per heavy atom. The summed E-state index contributed by atoms with van der Waals surface area (Å²) in [6.45, 7) is 3.28. The van der Waals surface area contributed by atoms with Crippen LogP contribution in [-0.4, -0.2) is 53.1 Å². The number of carbonyl (C=O) groups is 4. The predicted octanol–water partition coefficient (Wildman–Crippen LogP) is 1.97. The zero-order chi connectivity index (χ0) is 24.4. The van der Waals surface area contributed by atoms with Crippen molar-refractivity contribution in [2.75, 3.05) is 0 Å². The molecule has 0 bridgehead atoms. The molecule has 10 heteroatoms. The summed E-state index contributed by atoms with van der Waals surface area (Å²) in [6.07, 6.45) is -0.223. The molecule has 0 aliphatic heterocycles. The number of amides is 1. The third-order valence-electron chi connectivity index (χ3n) is 4.66. The Balaban J connectivity index is 2.24. The van der Waals surface area contributed by atoms with Gasteiger partial charge in [-0.3, -0.25) is 14.4 Å². The van der Waals surface area contributed by atoms with Crippen LogP contribution in [-0.2, 0) is 35.1 Å². The standard InChI is InChI=1S/C23H26N4O6/c1-14(2)32-23(31)19(8-7-16(28)12-25)27-22(30)20(33-21(29)9-10-24)11-15-13-26-18-6-4-3-5-17(15)18/h3-6,12-14,19-20,25-26H,7-9,11H2,1-2H3,(H,27,30)/t19-,20-/m0/s1. The van der Waals surface area contributed by atoms with Crippen molar-refractivity contribution in [3.63, 3.8) is 0 Å². The van der Waals surface area contributed by atoms with Gasteiger partial charge in [0.15, 0.2) is 11.9 Å². The number of aromatic nitrogens is 1. The monoisotopic (exact) mass is 454 g/mol. The van der Waals surface area contributed by atoms with Gasteiger partial charge in [0, 0.05) is 29.9 Å². The van der Waals surface area contributed by atoms with Gasteiger partial charge in [-0.25, -0.2) is 4.79 Å². The minimum absolute atomic E-state index is 0.00160. The number of benzene rings is 1. The van der Waals surface area contributed by atoms with Gasteiger partial charge in [0.25, 0.3) is 5.91 Å². The van der Waals surface area contributed by atoms with Crippen LogP contribution in [0.5, 0.6) is 0 Å². The first-order chi connectivity index (χ1) is 15.7. The van der Waals surface area contributed by atoms with E-state index < -0.39 is 48.3 Å². The van der Waals surface area contributed by atoms with Crippen molar-refractivity contribution in [1.82, 2.24) is 10.3 Å². The number of fused-ring (bicyclic) bond motifs is 1. The van der Waals surface area contributed by atoms with Gasteiger partial charge in [0.1, 0.15) is 12.5 Å². The first-order valence-corrected chi connectivity index (χ1v) is 10.4.